The number of hydrogen-bond acceptors (Lipinski definition) is 4. The largest absolute Gasteiger partial charge is 0.493 e. The molecule has 1 aromatic heterocycles. The predicted octanol–water partition coefficient (Wildman–Crippen LogP) is 2.41. The van der Waals surface area contributed by atoms with E-state index in [-0.39, 0.29) is 5.78 Å². The van der Waals surface area contributed by atoms with Crippen molar-refractivity contribution in [2.45, 2.75) is 58.0 Å². The van der Waals surface area contributed by atoms with Gasteiger partial charge in [-0.3, -0.25) is 9.48 Å². The summed E-state index contributed by atoms with van der Waals surface area (Å²) in [6.07, 6.45) is 6.40. The number of ether oxygens (including phenoxy) is 1. The molecular weight excluding hydrogens is 254 g/mol. The molecule has 1 N–H and O–H groups in total. The van der Waals surface area contributed by atoms with Crippen molar-refractivity contribution in [3.8, 4) is 5.75 Å². The van der Waals surface area contributed by atoms with Crippen LogP contribution in [0, 0.1) is 0 Å². The first-order valence-corrected chi connectivity index (χ1v) is 7.58. The lowest BCUT2D eigenvalue weighted by atomic mass is 9.85. The van der Waals surface area contributed by atoms with Crippen molar-refractivity contribution in [1.82, 2.24) is 15.1 Å². The molecule has 20 heavy (non-hydrogen) atoms. The van der Waals surface area contributed by atoms with Crippen LogP contribution in [-0.4, -0.2) is 34.8 Å². The van der Waals surface area contributed by atoms with E-state index in [1.807, 2.05) is 0 Å². The zero-order valence-electron chi connectivity index (χ0n) is 12.7. The van der Waals surface area contributed by atoms with E-state index in [0.717, 1.165) is 45.2 Å². The molecule has 0 aromatic carbocycles. The zero-order chi connectivity index (χ0) is 14.6. The number of rotatable bonds is 7. The number of carbonyl (C=O) groups is 1. The van der Waals surface area contributed by atoms with E-state index in [0.29, 0.717) is 11.4 Å². The fourth-order valence-electron chi connectivity index (χ4n) is 3.11. The summed E-state index contributed by atoms with van der Waals surface area (Å²) in [5.74, 6) is 0.729. The third kappa shape index (κ3) is 2.59. The van der Waals surface area contributed by atoms with Crippen LogP contribution in [0.25, 0.3) is 0 Å². The van der Waals surface area contributed by atoms with Crippen LogP contribution in [0.3, 0.4) is 0 Å². The molecule has 1 aliphatic rings. The quantitative estimate of drug-likeness (QED) is 0.779. The minimum absolute atomic E-state index is 0.139. The van der Waals surface area contributed by atoms with Crippen LogP contribution in [0.2, 0.25) is 0 Å². The van der Waals surface area contributed by atoms with Crippen LogP contribution in [0.4, 0.5) is 0 Å². The number of nitrogens with one attached hydrogen (secondary N) is 1. The van der Waals surface area contributed by atoms with Gasteiger partial charge in [-0.1, -0.05) is 20.3 Å². The molecule has 0 aliphatic carbocycles. The van der Waals surface area contributed by atoms with Gasteiger partial charge in [0, 0.05) is 6.54 Å². The first-order chi connectivity index (χ1) is 9.68. The Morgan fingerprint density at radius 2 is 2.30 bits per heavy atom. The van der Waals surface area contributed by atoms with E-state index in [1.54, 1.807) is 18.0 Å². The van der Waals surface area contributed by atoms with Crippen molar-refractivity contribution in [3.63, 3.8) is 0 Å². The Hall–Kier alpha value is -1.36. The Morgan fingerprint density at radius 1 is 1.50 bits per heavy atom. The van der Waals surface area contributed by atoms with Crippen molar-refractivity contribution in [3.05, 3.63) is 11.9 Å². The maximum absolute atomic E-state index is 13.1. The van der Waals surface area contributed by atoms with Crippen LogP contribution in [-0.2, 0) is 6.54 Å². The summed E-state index contributed by atoms with van der Waals surface area (Å²) in [6.45, 7) is 5.86. The number of Topliss-reactive ketones (excluding diaryl/α,β-unsaturated/α-hetero) is 1. The average molecular weight is 279 g/mol. The molecule has 1 unspecified atom stereocenters. The average Bonchev–Trinajstić information content (AvgIpc) is 3.06. The van der Waals surface area contributed by atoms with Gasteiger partial charge < -0.3 is 10.1 Å². The summed E-state index contributed by atoms with van der Waals surface area (Å²) in [4.78, 5) is 13.1. The van der Waals surface area contributed by atoms with E-state index in [1.165, 1.54) is 0 Å². The summed E-state index contributed by atoms with van der Waals surface area (Å²) >= 11 is 0. The number of methoxy groups -OCH3 is 1. The molecule has 112 valence electrons. The van der Waals surface area contributed by atoms with Gasteiger partial charge in [-0.15, -0.1) is 0 Å². The molecule has 5 heteroatoms. The molecule has 0 amide bonds. The van der Waals surface area contributed by atoms with Crippen molar-refractivity contribution in [1.29, 1.82) is 0 Å². The van der Waals surface area contributed by atoms with E-state index < -0.39 is 5.54 Å². The molecule has 2 rings (SSSR count). The highest BCUT2D eigenvalue weighted by molar-refractivity contribution is 6.04. The van der Waals surface area contributed by atoms with Crippen LogP contribution < -0.4 is 10.1 Å². The first kappa shape index (κ1) is 15.0. The van der Waals surface area contributed by atoms with E-state index in [4.69, 9.17) is 4.74 Å². The topological polar surface area (TPSA) is 56.2 Å². The summed E-state index contributed by atoms with van der Waals surface area (Å²) in [7, 11) is 1.60. The highest BCUT2D eigenvalue weighted by atomic mass is 16.5. The fourth-order valence-corrected chi connectivity index (χ4v) is 3.11. The van der Waals surface area contributed by atoms with Gasteiger partial charge in [-0.05, 0) is 32.2 Å². The summed E-state index contributed by atoms with van der Waals surface area (Å²) in [5.41, 5.74) is 0.199. The smallest absolute Gasteiger partial charge is 0.204 e. The summed E-state index contributed by atoms with van der Waals surface area (Å²) in [5, 5.41) is 7.74. The minimum atomic E-state index is -0.423. The number of aromatic nitrogens is 2. The van der Waals surface area contributed by atoms with Gasteiger partial charge in [0.15, 0.2) is 5.75 Å². The Morgan fingerprint density at radius 3 is 2.85 bits per heavy atom. The molecule has 2 heterocycles. The highest BCUT2D eigenvalue weighted by Gasteiger charge is 2.42. The lowest BCUT2D eigenvalue weighted by molar-refractivity contribution is 0.0842. The minimum Gasteiger partial charge on any atom is -0.493 e. The number of ketones is 1. The van der Waals surface area contributed by atoms with Crippen molar-refractivity contribution in [2.75, 3.05) is 13.7 Å². The Balaban J connectivity index is 2.37. The third-order valence-corrected chi connectivity index (χ3v) is 4.03. The van der Waals surface area contributed by atoms with Crippen molar-refractivity contribution < 1.29 is 9.53 Å². The number of hydrogen-bond donors (Lipinski definition) is 1. The van der Waals surface area contributed by atoms with Gasteiger partial charge >= 0.3 is 0 Å². The van der Waals surface area contributed by atoms with Crippen LogP contribution in [0.15, 0.2) is 6.20 Å². The van der Waals surface area contributed by atoms with Gasteiger partial charge in [0.05, 0.1) is 18.8 Å². The zero-order valence-corrected chi connectivity index (χ0v) is 12.7. The second-order valence-corrected chi connectivity index (χ2v) is 5.48. The van der Waals surface area contributed by atoms with Gasteiger partial charge in [0.25, 0.3) is 0 Å². The molecule has 1 saturated heterocycles. The molecule has 1 aromatic rings. The predicted molar refractivity (Wildman–Crippen MR) is 78.3 cm³/mol. The number of carbonyl (C=O) groups excluding carboxylic acids is 1. The van der Waals surface area contributed by atoms with E-state index >= 15 is 0 Å². The molecule has 0 spiro atoms. The van der Waals surface area contributed by atoms with E-state index in [9.17, 15) is 4.79 Å². The second-order valence-electron chi connectivity index (χ2n) is 5.48. The van der Waals surface area contributed by atoms with Crippen LogP contribution in [0.1, 0.15) is 56.4 Å². The molecule has 1 aliphatic heterocycles. The Bertz CT molecular complexity index is 462. The van der Waals surface area contributed by atoms with Gasteiger partial charge in [-0.2, -0.15) is 5.10 Å². The Kier molecular flexibility index (Phi) is 4.81. The summed E-state index contributed by atoms with van der Waals surface area (Å²) < 4.78 is 7.13. The fraction of sp³-hybridized carbons (Fsp3) is 0.733. The highest BCUT2D eigenvalue weighted by Crippen LogP contribution is 2.32. The maximum atomic E-state index is 13.1. The maximum Gasteiger partial charge on any atom is 0.204 e. The number of nitrogens with zero attached hydrogens (tertiary/aromatic N) is 2. The Labute approximate surface area is 120 Å². The first-order valence-electron chi connectivity index (χ1n) is 7.58. The van der Waals surface area contributed by atoms with E-state index in [2.05, 4.69) is 24.3 Å². The monoisotopic (exact) mass is 279 g/mol. The standard InChI is InChI=1S/C15H25N3O2/c1-4-7-15(8-6-9-16-15)14(19)13-12(20-3)11-17-18(13)10-5-2/h11,16H,4-10H2,1-3H3. The van der Waals surface area contributed by atoms with Gasteiger partial charge in [0.2, 0.25) is 5.78 Å². The molecule has 0 radical (unpaired) electrons. The second kappa shape index (κ2) is 6.39. The molecule has 1 atom stereocenters. The molecule has 5 nitrogen and oxygen atoms in total. The van der Waals surface area contributed by atoms with Crippen LogP contribution in [0.5, 0.6) is 5.75 Å². The number of aryl methyl sites for hydroxylation is 1. The summed E-state index contributed by atoms with van der Waals surface area (Å²) in [6, 6.07) is 0. The lowest BCUT2D eigenvalue weighted by Gasteiger charge is -2.28. The van der Waals surface area contributed by atoms with Crippen molar-refractivity contribution >= 4 is 5.78 Å². The van der Waals surface area contributed by atoms with Gasteiger partial charge in [0.1, 0.15) is 5.69 Å². The molecule has 1 fully saturated rings. The molecule has 0 bridgehead atoms. The lowest BCUT2D eigenvalue weighted by Crippen LogP contribution is -2.48. The molecule has 0 saturated carbocycles. The van der Waals surface area contributed by atoms with Crippen LogP contribution >= 0.6 is 0 Å². The van der Waals surface area contributed by atoms with Gasteiger partial charge in [-0.25, -0.2) is 0 Å². The SMILES string of the molecule is CCCn1ncc(OC)c1C(=O)C1(CCC)CCCN1. The normalized spacial score (nSPS) is 22.1. The molecular formula is C15H25N3O2. The van der Waals surface area contributed by atoms with Crippen molar-refractivity contribution in [2.24, 2.45) is 0 Å². The third-order valence-electron chi connectivity index (χ3n) is 4.03.